The number of hydrogen-bond acceptors (Lipinski definition) is 2. The number of alkyl halides is 3. The Morgan fingerprint density at radius 2 is 1.91 bits per heavy atom. The minimum Gasteiger partial charge on any atom is -0.461 e. The average Bonchev–Trinajstić information content (AvgIpc) is 2.97. The van der Waals surface area contributed by atoms with Crippen molar-refractivity contribution >= 4 is 21.9 Å². The molecule has 6 heteroatoms. The molecule has 0 N–H and O–H groups in total. The van der Waals surface area contributed by atoms with Gasteiger partial charge in [-0.1, -0.05) is 50.3 Å². The summed E-state index contributed by atoms with van der Waals surface area (Å²) >= 11 is 2.53. The minimum absolute atomic E-state index is 0.128. The van der Waals surface area contributed by atoms with Crippen molar-refractivity contribution in [3.8, 4) is 0 Å². The van der Waals surface area contributed by atoms with Gasteiger partial charge in [-0.2, -0.15) is 13.2 Å². The van der Waals surface area contributed by atoms with Gasteiger partial charge in [0.2, 0.25) is 0 Å². The third kappa shape index (κ3) is 3.72. The average molecular weight is 377 g/mol. The van der Waals surface area contributed by atoms with Crippen molar-refractivity contribution in [3.63, 3.8) is 0 Å². The van der Waals surface area contributed by atoms with E-state index in [1.165, 1.54) is 0 Å². The van der Waals surface area contributed by atoms with Gasteiger partial charge in [0.15, 0.2) is 0 Å². The number of rotatable bonds is 4. The van der Waals surface area contributed by atoms with Crippen LogP contribution in [0.3, 0.4) is 0 Å². The molecule has 0 aromatic heterocycles. The van der Waals surface area contributed by atoms with E-state index in [4.69, 9.17) is 4.74 Å². The standard InChI is InChI=1S/C16H16BrF3O2/c1-15(2)11(8-12(17)16(18,19)20)13(15)14(21)22-9-10-6-4-3-5-7-10/h3-8,11,13H,9H2,1-2H3. The number of allylic oxidation sites excluding steroid dienone is 2. The van der Waals surface area contributed by atoms with Crippen molar-refractivity contribution in [2.24, 2.45) is 17.3 Å². The van der Waals surface area contributed by atoms with Gasteiger partial charge in [-0.3, -0.25) is 4.79 Å². The zero-order valence-corrected chi connectivity index (χ0v) is 13.7. The van der Waals surface area contributed by atoms with Crippen LogP contribution in [0.1, 0.15) is 19.4 Å². The van der Waals surface area contributed by atoms with E-state index in [-0.39, 0.29) is 6.61 Å². The Hall–Kier alpha value is -1.30. The van der Waals surface area contributed by atoms with E-state index < -0.39 is 33.9 Å². The van der Waals surface area contributed by atoms with Crippen LogP contribution in [0.15, 0.2) is 40.9 Å². The lowest BCUT2D eigenvalue weighted by Gasteiger charge is -2.05. The van der Waals surface area contributed by atoms with Crippen molar-refractivity contribution in [2.45, 2.75) is 26.6 Å². The van der Waals surface area contributed by atoms with E-state index >= 15 is 0 Å². The third-order valence-corrected chi connectivity index (χ3v) is 4.70. The quantitative estimate of drug-likeness (QED) is 0.702. The number of esters is 1. The Bertz CT molecular complexity index is 579. The largest absolute Gasteiger partial charge is 0.461 e. The molecule has 120 valence electrons. The summed E-state index contributed by atoms with van der Waals surface area (Å²) < 4.78 is 42.0. The Morgan fingerprint density at radius 1 is 1.32 bits per heavy atom. The fraction of sp³-hybridized carbons (Fsp3) is 0.438. The second-order valence-corrected chi connectivity index (χ2v) is 6.78. The summed E-state index contributed by atoms with van der Waals surface area (Å²) in [4.78, 5) is 12.1. The SMILES string of the molecule is CC1(C)C(C=C(Br)C(F)(F)F)C1C(=O)OCc1ccccc1. The molecule has 1 saturated carbocycles. The highest BCUT2D eigenvalue weighted by Gasteiger charge is 2.62. The molecule has 1 aromatic rings. The van der Waals surface area contributed by atoms with Gasteiger partial charge in [-0.15, -0.1) is 0 Å². The molecule has 2 rings (SSSR count). The first-order valence-corrected chi connectivity index (χ1v) is 7.58. The molecule has 22 heavy (non-hydrogen) atoms. The number of carbonyl (C=O) groups excluding carboxylic acids is 1. The summed E-state index contributed by atoms with van der Waals surface area (Å²) in [6.07, 6.45) is -3.37. The van der Waals surface area contributed by atoms with Crippen LogP contribution in [0.5, 0.6) is 0 Å². The molecule has 2 unspecified atom stereocenters. The van der Waals surface area contributed by atoms with Crippen LogP contribution in [0.4, 0.5) is 13.2 Å². The minimum atomic E-state index is -4.43. The summed E-state index contributed by atoms with van der Waals surface area (Å²) in [5, 5.41) is 0. The molecule has 0 radical (unpaired) electrons. The molecule has 1 aliphatic carbocycles. The molecule has 2 atom stereocenters. The highest BCUT2D eigenvalue weighted by molar-refractivity contribution is 9.11. The number of ether oxygens (including phenoxy) is 1. The first-order chi connectivity index (χ1) is 10.1. The predicted molar refractivity (Wildman–Crippen MR) is 80.1 cm³/mol. The van der Waals surface area contributed by atoms with Crippen molar-refractivity contribution in [3.05, 3.63) is 46.5 Å². The number of halogens is 4. The molecule has 0 amide bonds. The van der Waals surface area contributed by atoms with Crippen LogP contribution >= 0.6 is 15.9 Å². The maximum Gasteiger partial charge on any atom is 0.422 e. The van der Waals surface area contributed by atoms with Crippen LogP contribution in [0.2, 0.25) is 0 Å². The molecule has 2 nitrogen and oxygen atoms in total. The molecular formula is C16H16BrF3O2. The summed E-state index contributed by atoms with van der Waals surface area (Å²) in [6.45, 7) is 3.65. The summed E-state index contributed by atoms with van der Waals surface area (Å²) in [7, 11) is 0. The molecular weight excluding hydrogens is 361 g/mol. The van der Waals surface area contributed by atoms with Crippen molar-refractivity contribution < 1.29 is 22.7 Å². The smallest absolute Gasteiger partial charge is 0.422 e. The Labute approximate surface area is 135 Å². The number of carbonyl (C=O) groups is 1. The van der Waals surface area contributed by atoms with Gasteiger partial charge in [0.1, 0.15) is 6.61 Å². The number of benzene rings is 1. The lowest BCUT2D eigenvalue weighted by Crippen LogP contribution is -2.11. The maximum atomic E-state index is 12.6. The zero-order valence-electron chi connectivity index (χ0n) is 12.2. The molecule has 0 aliphatic heterocycles. The van der Waals surface area contributed by atoms with Crippen LogP contribution < -0.4 is 0 Å². The predicted octanol–water partition coefficient (Wildman–Crippen LogP) is 4.84. The Morgan fingerprint density at radius 3 is 2.45 bits per heavy atom. The molecule has 1 aliphatic rings. The summed E-state index contributed by atoms with van der Waals surface area (Å²) in [5.41, 5.74) is 0.316. The van der Waals surface area contributed by atoms with Crippen molar-refractivity contribution in [2.75, 3.05) is 0 Å². The van der Waals surface area contributed by atoms with Crippen molar-refractivity contribution in [1.29, 1.82) is 0 Å². The molecule has 0 spiro atoms. The van der Waals surface area contributed by atoms with Gasteiger partial charge >= 0.3 is 12.1 Å². The Balaban J connectivity index is 1.99. The van der Waals surface area contributed by atoms with Crippen LogP contribution in [0.25, 0.3) is 0 Å². The van der Waals surface area contributed by atoms with E-state index in [0.717, 1.165) is 11.6 Å². The molecule has 0 saturated heterocycles. The van der Waals surface area contributed by atoms with Gasteiger partial charge in [0.05, 0.1) is 10.4 Å². The normalized spacial score (nSPS) is 24.0. The topological polar surface area (TPSA) is 26.3 Å². The van der Waals surface area contributed by atoms with Crippen molar-refractivity contribution in [1.82, 2.24) is 0 Å². The monoisotopic (exact) mass is 376 g/mol. The highest BCUT2D eigenvalue weighted by Crippen LogP contribution is 2.60. The van der Waals surface area contributed by atoms with Crippen LogP contribution in [0, 0.1) is 17.3 Å². The summed E-state index contributed by atoms with van der Waals surface area (Å²) in [5.74, 6) is -1.49. The molecule has 1 fully saturated rings. The summed E-state index contributed by atoms with van der Waals surface area (Å²) in [6, 6.07) is 9.16. The molecule has 0 bridgehead atoms. The number of hydrogen-bond donors (Lipinski definition) is 0. The second kappa shape index (κ2) is 6.07. The van der Waals surface area contributed by atoms with E-state index in [9.17, 15) is 18.0 Å². The van der Waals surface area contributed by atoms with E-state index in [2.05, 4.69) is 15.9 Å². The van der Waals surface area contributed by atoms with Gasteiger partial charge in [0.25, 0.3) is 0 Å². The molecule has 0 heterocycles. The fourth-order valence-corrected chi connectivity index (χ4v) is 2.79. The Kier molecular flexibility index (Phi) is 4.70. The first kappa shape index (κ1) is 17.1. The molecule has 1 aromatic carbocycles. The second-order valence-electron chi connectivity index (χ2n) is 5.93. The lowest BCUT2D eigenvalue weighted by atomic mass is 10.1. The highest BCUT2D eigenvalue weighted by atomic mass is 79.9. The van der Waals surface area contributed by atoms with E-state index in [1.54, 1.807) is 13.8 Å². The maximum absolute atomic E-state index is 12.6. The lowest BCUT2D eigenvalue weighted by molar-refractivity contribution is -0.147. The van der Waals surface area contributed by atoms with E-state index in [1.807, 2.05) is 30.3 Å². The fourth-order valence-electron chi connectivity index (χ4n) is 2.51. The van der Waals surface area contributed by atoms with Gasteiger partial charge in [-0.25, -0.2) is 0 Å². The zero-order chi connectivity index (χ0) is 16.5. The first-order valence-electron chi connectivity index (χ1n) is 6.79. The third-order valence-electron chi connectivity index (χ3n) is 3.99. The van der Waals surface area contributed by atoms with Gasteiger partial charge in [-0.05, 0) is 32.8 Å². The van der Waals surface area contributed by atoms with Gasteiger partial charge in [0, 0.05) is 0 Å². The van der Waals surface area contributed by atoms with E-state index in [0.29, 0.717) is 0 Å². The van der Waals surface area contributed by atoms with Gasteiger partial charge < -0.3 is 4.74 Å². The van der Waals surface area contributed by atoms with Crippen LogP contribution in [-0.4, -0.2) is 12.1 Å². The van der Waals surface area contributed by atoms with Crippen LogP contribution in [-0.2, 0) is 16.1 Å².